The van der Waals surface area contributed by atoms with Crippen LogP contribution >= 0.6 is 0 Å². The molecule has 0 saturated heterocycles. The lowest BCUT2D eigenvalue weighted by molar-refractivity contribution is 0.653. The van der Waals surface area contributed by atoms with Gasteiger partial charge >= 0.3 is 0 Å². The first kappa shape index (κ1) is 24.5. The predicted octanol–water partition coefficient (Wildman–Crippen LogP) is 5.59. The highest BCUT2D eigenvalue weighted by Crippen LogP contribution is 2.30. The van der Waals surface area contributed by atoms with Crippen LogP contribution < -0.4 is 5.73 Å². The van der Waals surface area contributed by atoms with E-state index in [0.29, 0.717) is 12.4 Å². The summed E-state index contributed by atoms with van der Waals surface area (Å²) in [5.41, 5.74) is 12.5. The number of nitrogens with two attached hydrogens (primary N) is 1. The van der Waals surface area contributed by atoms with Crippen molar-refractivity contribution in [3.05, 3.63) is 89.7 Å². The number of unbranched alkanes of at least 4 members (excludes halogenated alkanes) is 2. The summed E-state index contributed by atoms with van der Waals surface area (Å²) in [6.07, 6.45) is 4.34. The van der Waals surface area contributed by atoms with E-state index in [1.807, 2.05) is 29.8 Å². The topological polar surface area (TPSA) is 111 Å². The molecule has 1 unspecified atom stereocenters. The van der Waals surface area contributed by atoms with Crippen molar-refractivity contribution in [1.29, 1.82) is 0 Å². The molecule has 0 aliphatic carbocycles. The van der Waals surface area contributed by atoms with Gasteiger partial charge in [0.2, 0.25) is 0 Å². The average molecular weight is 493 g/mol. The first-order valence-corrected chi connectivity index (χ1v) is 12.8. The monoisotopic (exact) mass is 492 g/mol. The molecule has 0 saturated carbocycles. The van der Waals surface area contributed by atoms with Crippen LogP contribution in [0.3, 0.4) is 0 Å². The predicted molar refractivity (Wildman–Crippen MR) is 145 cm³/mol. The summed E-state index contributed by atoms with van der Waals surface area (Å²) in [5.74, 6) is 2.43. The lowest BCUT2D eigenvalue weighted by atomic mass is 9.98. The highest BCUT2D eigenvalue weighted by atomic mass is 15.5. The molecule has 0 aliphatic rings. The van der Waals surface area contributed by atoms with Crippen LogP contribution in [0.2, 0.25) is 0 Å². The van der Waals surface area contributed by atoms with Crippen molar-refractivity contribution in [3.63, 3.8) is 0 Å². The van der Waals surface area contributed by atoms with Gasteiger partial charge in [-0.15, -0.1) is 5.10 Å². The van der Waals surface area contributed by atoms with Crippen LogP contribution in [-0.2, 0) is 13.0 Å². The molecule has 1 atom stereocenters. The molecule has 0 radical (unpaired) electrons. The molecule has 3 N–H and O–H groups in total. The fourth-order valence-electron chi connectivity index (χ4n) is 4.46. The van der Waals surface area contributed by atoms with Crippen molar-refractivity contribution in [2.75, 3.05) is 0 Å². The maximum absolute atomic E-state index is 6.05. The van der Waals surface area contributed by atoms with E-state index < -0.39 is 0 Å². The van der Waals surface area contributed by atoms with E-state index in [9.17, 15) is 0 Å². The number of tetrazole rings is 1. The number of aryl methyl sites for hydroxylation is 1. The van der Waals surface area contributed by atoms with Crippen LogP contribution in [-0.4, -0.2) is 35.4 Å². The fourth-order valence-corrected chi connectivity index (χ4v) is 4.46. The highest BCUT2D eigenvalue weighted by Gasteiger charge is 2.14. The van der Waals surface area contributed by atoms with Gasteiger partial charge in [-0.1, -0.05) is 92.6 Å². The second-order valence-electron chi connectivity index (χ2n) is 9.37. The zero-order valence-corrected chi connectivity index (χ0v) is 21.3. The highest BCUT2D eigenvalue weighted by molar-refractivity contribution is 5.80. The average Bonchev–Trinajstić information content (AvgIpc) is 3.60. The Kier molecular flexibility index (Phi) is 7.46. The second kappa shape index (κ2) is 11.3. The van der Waals surface area contributed by atoms with Crippen molar-refractivity contribution in [2.45, 2.75) is 52.1 Å². The number of nitrogens with zero attached hydrogens (tertiary/aromatic N) is 6. The van der Waals surface area contributed by atoms with Crippen LogP contribution in [0.15, 0.2) is 72.8 Å². The molecule has 0 spiro atoms. The maximum atomic E-state index is 6.05. The van der Waals surface area contributed by atoms with Crippen molar-refractivity contribution < 1.29 is 0 Å². The van der Waals surface area contributed by atoms with Crippen molar-refractivity contribution >= 4 is 0 Å². The summed E-state index contributed by atoms with van der Waals surface area (Å²) in [7, 11) is 0. The summed E-state index contributed by atoms with van der Waals surface area (Å²) < 4.78 is 2.02. The normalized spacial score (nSPS) is 12.1. The van der Waals surface area contributed by atoms with Crippen molar-refractivity contribution in [3.8, 4) is 33.9 Å². The van der Waals surface area contributed by atoms with E-state index >= 15 is 0 Å². The van der Waals surface area contributed by atoms with Gasteiger partial charge in [0.25, 0.3) is 0 Å². The summed E-state index contributed by atoms with van der Waals surface area (Å²) in [4.78, 5) is 4.93. The van der Waals surface area contributed by atoms with Gasteiger partial charge in [0.05, 0.1) is 6.54 Å². The van der Waals surface area contributed by atoms with Gasteiger partial charge in [0.1, 0.15) is 0 Å². The van der Waals surface area contributed by atoms with Gasteiger partial charge in [-0.05, 0) is 46.0 Å². The second-order valence-corrected chi connectivity index (χ2v) is 9.37. The van der Waals surface area contributed by atoms with Crippen LogP contribution in [0.4, 0.5) is 0 Å². The molecule has 0 aliphatic heterocycles. The number of aromatic nitrogens is 7. The number of hydrogen-bond acceptors (Lipinski definition) is 6. The molecule has 0 amide bonds. The summed E-state index contributed by atoms with van der Waals surface area (Å²) in [6, 6.07) is 25.0. The minimum absolute atomic E-state index is 0.000445. The Hall–Kier alpha value is -4.17. The number of H-pyrrole nitrogens is 1. The Bertz CT molecular complexity index is 1420. The smallest absolute Gasteiger partial charge is 0.180 e. The van der Waals surface area contributed by atoms with E-state index in [4.69, 9.17) is 15.8 Å². The Morgan fingerprint density at radius 3 is 2.30 bits per heavy atom. The van der Waals surface area contributed by atoms with Gasteiger partial charge < -0.3 is 5.73 Å². The van der Waals surface area contributed by atoms with E-state index in [-0.39, 0.29) is 6.04 Å². The molecule has 5 rings (SSSR count). The summed E-state index contributed by atoms with van der Waals surface area (Å²) in [5, 5.41) is 19.3. The largest absolute Gasteiger partial charge is 0.324 e. The molecular weight excluding hydrogens is 460 g/mol. The molecule has 5 aromatic rings. The zero-order chi connectivity index (χ0) is 25.6. The molecule has 8 nitrogen and oxygen atoms in total. The van der Waals surface area contributed by atoms with E-state index in [0.717, 1.165) is 57.9 Å². The lowest BCUT2D eigenvalue weighted by Crippen LogP contribution is -2.06. The van der Waals surface area contributed by atoms with E-state index in [1.54, 1.807) is 0 Å². The van der Waals surface area contributed by atoms with Crippen molar-refractivity contribution in [2.24, 2.45) is 5.73 Å². The molecule has 0 bridgehead atoms. The maximum Gasteiger partial charge on any atom is 0.180 e. The van der Waals surface area contributed by atoms with Gasteiger partial charge in [-0.2, -0.15) is 5.10 Å². The standard InChI is InChI=1S/C29H32N8/c1-3-4-5-10-27-31-29(24-17-15-22(16-18-24)20(2)30)37(34-27)19-21-11-13-23(14-12-21)25-8-6-7-9-26(25)28-32-35-36-33-28/h6-9,11-18,20H,3-5,10,19,30H2,1-2H3,(H,32,33,35,36). The quantitative estimate of drug-likeness (QED) is 0.246. The van der Waals surface area contributed by atoms with Crippen LogP contribution in [0.25, 0.3) is 33.9 Å². The molecule has 0 fully saturated rings. The third kappa shape index (κ3) is 5.65. The minimum atomic E-state index is 0.000445. The third-order valence-electron chi connectivity index (χ3n) is 6.54. The first-order valence-electron chi connectivity index (χ1n) is 12.8. The van der Waals surface area contributed by atoms with Crippen LogP contribution in [0, 0.1) is 0 Å². The summed E-state index contributed by atoms with van der Waals surface area (Å²) in [6.45, 7) is 4.84. The van der Waals surface area contributed by atoms with Gasteiger partial charge in [-0.3, -0.25) is 0 Å². The zero-order valence-electron chi connectivity index (χ0n) is 21.3. The van der Waals surface area contributed by atoms with Crippen molar-refractivity contribution in [1.82, 2.24) is 35.4 Å². The van der Waals surface area contributed by atoms with E-state index in [2.05, 4.69) is 82.1 Å². The molecule has 2 aromatic heterocycles. The Labute approximate surface area is 217 Å². The molecule has 8 heteroatoms. The van der Waals surface area contributed by atoms with Gasteiger partial charge in [0, 0.05) is 23.6 Å². The fraction of sp³-hybridized carbons (Fsp3) is 0.276. The van der Waals surface area contributed by atoms with Crippen LogP contribution in [0.5, 0.6) is 0 Å². The Morgan fingerprint density at radius 2 is 1.62 bits per heavy atom. The molecular formula is C29H32N8. The number of aromatic amines is 1. The van der Waals surface area contributed by atoms with Gasteiger partial charge in [-0.25, -0.2) is 14.8 Å². The van der Waals surface area contributed by atoms with Gasteiger partial charge in [0.15, 0.2) is 17.5 Å². The first-order chi connectivity index (χ1) is 18.1. The summed E-state index contributed by atoms with van der Waals surface area (Å²) >= 11 is 0. The van der Waals surface area contributed by atoms with E-state index in [1.165, 1.54) is 12.8 Å². The SMILES string of the molecule is CCCCCc1nc(-c2ccc(C(C)N)cc2)n(Cc2ccc(-c3ccccc3-c3nnn[nH]3)cc2)n1. The Morgan fingerprint density at radius 1 is 0.892 bits per heavy atom. The van der Waals surface area contributed by atoms with Crippen LogP contribution in [0.1, 0.15) is 56.1 Å². The number of rotatable bonds is 10. The Balaban J connectivity index is 1.42. The molecule has 37 heavy (non-hydrogen) atoms. The molecule has 2 heterocycles. The minimum Gasteiger partial charge on any atom is -0.324 e. The molecule has 188 valence electrons. The molecule has 3 aromatic carbocycles. The third-order valence-corrected chi connectivity index (χ3v) is 6.54. The lowest BCUT2D eigenvalue weighted by Gasteiger charge is -2.10. The number of benzene rings is 3. The number of hydrogen-bond donors (Lipinski definition) is 2. The number of nitrogens with one attached hydrogen (secondary N) is 1.